The van der Waals surface area contributed by atoms with Crippen LogP contribution in [0.4, 0.5) is 9.18 Å². The van der Waals surface area contributed by atoms with E-state index >= 15 is 4.39 Å². The van der Waals surface area contributed by atoms with E-state index in [4.69, 9.17) is 4.74 Å². The number of halogens is 1. The van der Waals surface area contributed by atoms with E-state index in [1.165, 1.54) is 6.07 Å². The van der Waals surface area contributed by atoms with Gasteiger partial charge in [-0.3, -0.25) is 33.8 Å². The number of piperazine rings is 2. The highest BCUT2D eigenvalue weighted by molar-refractivity contribution is 5.98. The SMILES string of the molecule is CC(C)(C)OC(=O)N1CCCC(c2ccc(C(=O)N[C@@H](C(=O)N3CCN(CC4CCN(CC(=O)N5CCN(C(=O)c6cc(Cc7n[nH]c(=O)c8ccccc78)ccc6F)CC5)CC4)CC3)C3CCCCC3)cc2)C1. The van der Waals surface area contributed by atoms with E-state index in [1.807, 2.05) is 62.1 Å². The number of piperidine rings is 2. The fourth-order valence-electron chi connectivity index (χ4n) is 11.7. The van der Waals surface area contributed by atoms with Crippen molar-refractivity contribution in [3.8, 4) is 0 Å². The number of H-pyrrole nitrogens is 1. The second-order valence-corrected chi connectivity index (χ2v) is 22.3. The van der Waals surface area contributed by atoms with Crippen LogP contribution in [0.5, 0.6) is 0 Å². The number of hydrogen-bond donors (Lipinski definition) is 2. The number of aromatic nitrogens is 2. The Bertz CT molecular complexity index is 2700. The Balaban J connectivity index is 0.699. The largest absolute Gasteiger partial charge is 0.444 e. The number of benzene rings is 3. The number of aromatic amines is 1. The van der Waals surface area contributed by atoms with Crippen LogP contribution in [0.3, 0.4) is 0 Å². The van der Waals surface area contributed by atoms with E-state index in [9.17, 15) is 28.8 Å². The molecule has 3 aromatic carbocycles. The maximum atomic E-state index is 15.1. The van der Waals surface area contributed by atoms with Gasteiger partial charge in [0.15, 0.2) is 0 Å². The van der Waals surface area contributed by atoms with Crippen LogP contribution in [-0.2, 0) is 20.7 Å². The second kappa shape index (κ2) is 23.6. The molecule has 4 aliphatic heterocycles. The predicted molar refractivity (Wildman–Crippen MR) is 280 cm³/mol. The molecule has 0 spiro atoms. The van der Waals surface area contributed by atoms with Crippen LogP contribution in [0.25, 0.3) is 10.8 Å². The lowest BCUT2D eigenvalue weighted by Crippen LogP contribution is -2.57. The van der Waals surface area contributed by atoms with Crippen molar-refractivity contribution < 1.29 is 33.1 Å². The van der Waals surface area contributed by atoms with E-state index in [0.29, 0.717) is 98.8 Å². The van der Waals surface area contributed by atoms with E-state index in [1.54, 1.807) is 39.0 Å². The minimum atomic E-state index is -0.607. The summed E-state index contributed by atoms with van der Waals surface area (Å²) in [6, 6.07) is 18.8. The van der Waals surface area contributed by atoms with Gasteiger partial charge in [0.2, 0.25) is 11.8 Å². The lowest BCUT2D eigenvalue weighted by Gasteiger charge is -2.41. The molecule has 5 aliphatic rings. The summed E-state index contributed by atoms with van der Waals surface area (Å²) in [6.45, 7) is 14.0. The van der Waals surface area contributed by atoms with Crippen LogP contribution >= 0.6 is 0 Å². The van der Waals surface area contributed by atoms with Crippen molar-refractivity contribution in [1.82, 2.24) is 44.9 Å². The van der Waals surface area contributed by atoms with Gasteiger partial charge in [-0.05, 0) is 126 Å². The maximum absolute atomic E-state index is 15.1. The summed E-state index contributed by atoms with van der Waals surface area (Å²) in [5, 5.41) is 11.2. The van der Waals surface area contributed by atoms with Gasteiger partial charge >= 0.3 is 6.09 Å². The Morgan fingerprint density at radius 2 is 1.41 bits per heavy atom. The molecule has 4 aromatic rings. The molecular weight excluding hydrogens is 942 g/mol. The molecule has 2 atom stereocenters. The Morgan fingerprint density at radius 1 is 0.730 bits per heavy atom. The lowest BCUT2D eigenvalue weighted by atomic mass is 9.83. The first-order chi connectivity index (χ1) is 35.7. The molecule has 1 unspecified atom stereocenters. The van der Waals surface area contributed by atoms with Crippen LogP contribution in [0, 0.1) is 17.7 Å². The molecule has 5 heterocycles. The summed E-state index contributed by atoms with van der Waals surface area (Å²) >= 11 is 0. The van der Waals surface area contributed by atoms with Gasteiger partial charge in [0.05, 0.1) is 23.2 Å². The maximum Gasteiger partial charge on any atom is 0.410 e. The van der Waals surface area contributed by atoms with Crippen LogP contribution in [-0.4, -0.2) is 173 Å². The normalized spacial score (nSPS) is 20.4. The molecule has 5 amide bonds. The third-order valence-corrected chi connectivity index (χ3v) is 16.0. The zero-order valence-electron chi connectivity index (χ0n) is 43.5. The summed E-state index contributed by atoms with van der Waals surface area (Å²) in [6.07, 6.45) is 8.92. The topological polar surface area (TPSA) is 172 Å². The number of carbonyl (C=O) groups excluding carboxylic acids is 5. The third-order valence-electron chi connectivity index (χ3n) is 16.0. The third kappa shape index (κ3) is 13.0. The molecule has 0 bridgehead atoms. The van der Waals surface area contributed by atoms with E-state index < -0.39 is 23.4 Å². The summed E-state index contributed by atoms with van der Waals surface area (Å²) in [4.78, 5) is 92.2. The Hall–Kier alpha value is -6.20. The average Bonchev–Trinajstić information content (AvgIpc) is 3.41. The molecule has 74 heavy (non-hydrogen) atoms. The minimum absolute atomic E-state index is 0.0169. The van der Waals surface area contributed by atoms with Crippen LogP contribution < -0.4 is 10.9 Å². The molecule has 9 rings (SSSR count). The first kappa shape index (κ1) is 52.7. The molecular formula is C57H74FN9O7. The summed E-state index contributed by atoms with van der Waals surface area (Å²) in [5.74, 6) is -0.444. The van der Waals surface area contributed by atoms with Crippen LogP contribution in [0.2, 0.25) is 0 Å². The molecule has 4 saturated heterocycles. The van der Waals surface area contributed by atoms with Crippen molar-refractivity contribution in [3.05, 3.63) is 111 Å². The zero-order chi connectivity index (χ0) is 51.9. The molecule has 1 aromatic heterocycles. The number of ether oxygens (including phenoxy) is 1. The van der Waals surface area contributed by atoms with Gasteiger partial charge in [-0.25, -0.2) is 14.3 Å². The van der Waals surface area contributed by atoms with Crippen molar-refractivity contribution in [2.75, 3.05) is 91.6 Å². The first-order valence-electron chi connectivity index (χ1n) is 27.1. The molecule has 396 valence electrons. The van der Waals surface area contributed by atoms with Gasteiger partial charge in [0.25, 0.3) is 17.4 Å². The van der Waals surface area contributed by atoms with Gasteiger partial charge in [-0.2, -0.15) is 5.10 Å². The van der Waals surface area contributed by atoms with E-state index in [2.05, 4.69) is 25.3 Å². The van der Waals surface area contributed by atoms with Crippen molar-refractivity contribution in [2.24, 2.45) is 11.8 Å². The number of likely N-dealkylation sites (tertiary alicyclic amines) is 2. The summed E-state index contributed by atoms with van der Waals surface area (Å²) in [5.41, 5.74) is 2.07. The van der Waals surface area contributed by atoms with Gasteiger partial charge in [0.1, 0.15) is 17.5 Å². The lowest BCUT2D eigenvalue weighted by molar-refractivity contribution is -0.137. The van der Waals surface area contributed by atoms with Gasteiger partial charge < -0.3 is 29.7 Å². The second-order valence-electron chi connectivity index (χ2n) is 22.3. The van der Waals surface area contributed by atoms with Crippen molar-refractivity contribution in [2.45, 2.75) is 103 Å². The van der Waals surface area contributed by atoms with E-state index in [-0.39, 0.29) is 46.8 Å². The molecule has 16 nitrogen and oxygen atoms in total. The Morgan fingerprint density at radius 3 is 2.11 bits per heavy atom. The van der Waals surface area contributed by atoms with Crippen molar-refractivity contribution in [3.63, 3.8) is 0 Å². The van der Waals surface area contributed by atoms with Gasteiger partial charge in [-0.15, -0.1) is 0 Å². The number of nitrogens with zero attached hydrogens (tertiary/aromatic N) is 7. The minimum Gasteiger partial charge on any atom is -0.444 e. The molecule has 1 aliphatic carbocycles. The fraction of sp³-hybridized carbons (Fsp3) is 0.561. The number of amides is 5. The number of hydrogen-bond acceptors (Lipinski definition) is 10. The van der Waals surface area contributed by atoms with Crippen LogP contribution in [0.1, 0.15) is 122 Å². The van der Waals surface area contributed by atoms with Crippen molar-refractivity contribution in [1.29, 1.82) is 0 Å². The highest BCUT2D eigenvalue weighted by Crippen LogP contribution is 2.31. The monoisotopic (exact) mass is 1020 g/mol. The van der Waals surface area contributed by atoms with Gasteiger partial charge in [-0.1, -0.05) is 55.7 Å². The highest BCUT2D eigenvalue weighted by Gasteiger charge is 2.37. The van der Waals surface area contributed by atoms with Gasteiger partial charge in [0, 0.05) is 95.3 Å². The molecule has 2 N–H and O–H groups in total. The molecule has 0 radical (unpaired) electrons. The summed E-state index contributed by atoms with van der Waals surface area (Å²) in [7, 11) is 0. The number of rotatable bonds is 12. The molecule has 5 fully saturated rings. The summed E-state index contributed by atoms with van der Waals surface area (Å²) < 4.78 is 20.8. The van der Waals surface area contributed by atoms with Crippen molar-refractivity contribution >= 4 is 40.5 Å². The molecule has 1 saturated carbocycles. The fourth-order valence-corrected chi connectivity index (χ4v) is 11.7. The average molecular weight is 1020 g/mol. The standard InChI is InChI=1S/C57H74FN9O7/c1-57(2,3)74-56(73)67-23-9-12-44(37-67)41-16-18-43(19-17-41)52(69)59-51(42-10-5-4-6-11-42)55(72)66-28-26-63(27-29-66)36-39-21-24-62(25-22-39)38-50(68)64-30-32-65(33-31-64)54(71)47-34-40(15-20-48(47)58)35-49-45-13-7-8-14-46(45)53(70)61-60-49/h7-8,13-20,34,39,42,44,51H,4-6,9-12,21-33,35-38H2,1-3H3,(H,59,69)(H,61,70)/t44?,51-/m1/s1. The zero-order valence-corrected chi connectivity index (χ0v) is 43.5. The van der Waals surface area contributed by atoms with E-state index in [0.717, 1.165) is 96.1 Å². The predicted octanol–water partition coefficient (Wildman–Crippen LogP) is 6.29. The highest BCUT2D eigenvalue weighted by atomic mass is 19.1. The number of carbonyl (C=O) groups is 5. The quantitative estimate of drug-likeness (QED) is 0.165. The number of nitrogens with one attached hydrogen (secondary N) is 2. The van der Waals surface area contributed by atoms with Crippen LogP contribution in [0.15, 0.2) is 71.5 Å². The first-order valence-corrected chi connectivity index (χ1v) is 27.1. The Kier molecular flexibility index (Phi) is 16.8. The smallest absolute Gasteiger partial charge is 0.410 e. The Labute approximate surface area is 433 Å². The molecule has 17 heteroatoms. The number of fused-ring (bicyclic) bond motifs is 1.